The summed E-state index contributed by atoms with van der Waals surface area (Å²) in [6, 6.07) is 35.8. The predicted octanol–water partition coefficient (Wildman–Crippen LogP) is 5.96. The van der Waals surface area contributed by atoms with Gasteiger partial charge in [-0.05, 0) is 44.5 Å². The van der Waals surface area contributed by atoms with Crippen molar-refractivity contribution < 1.29 is 71.9 Å². The number of fused-ring (bicyclic) bond motifs is 6. The van der Waals surface area contributed by atoms with Crippen LogP contribution in [-0.2, 0) is 47.1 Å². The third-order valence-electron chi connectivity index (χ3n) is 7.27. The van der Waals surface area contributed by atoms with Gasteiger partial charge in [-0.3, -0.25) is 12.2 Å². The van der Waals surface area contributed by atoms with Crippen molar-refractivity contribution in [3.05, 3.63) is 190 Å². The maximum Gasteiger partial charge on any atom is 2.00 e. The quantitative estimate of drug-likeness (QED) is 0.208. The Morgan fingerprint density at radius 3 is 0.911 bits per heavy atom. The molecule has 0 saturated carbocycles. The van der Waals surface area contributed by atoms with Crippen molar-refractivity contribution in [2.45, 2.75) is 24.7 Å². The first kappa shape index (κ1) is 45.9. The fourth-order valence-electron chi connectivity index (χ4n) is 5.79. The van der Waals surface area contributed by atoms with Gasteiger partial charge in [0.15, 0.2) is 0 Å². The van der Waals surface area contributed by atoms with Gasteiger partial charge in [0.2, 0.25) is 0 Å². The number of allylic oxidation sites excluding steroid dienone is 8. The molecule has 45 heavy (non-hydrogen) atoms. The van der Waals surface area contributed by atoms with Gasteiger partial charge in [-0.25, -0.2) is 24.3 Å². The molecule has 0 bridgehead atoms. The fraction of sp³-hybridized carbons (Fsp3) is 0.103. The zero-order chi connectivity index (χ0) is 26.9. The van der Waals surface area contributed by atoms with Gasteiger partial charge in [0.1, 0.15) is 0 Å². The standard InChI is InChI=1S/C26H18.2C5H5.3CH3.4ClH.2Zr/c1-5-13-21-17(9-1)18-10-2-6-14-22(18)25(21)26-23-15-7-3-11-19(23)20-12-4-8-16-24(20)26;2*1-2-4-5-3-1;;;;;;;;;/h1-16,25-26H;2*1-3H,4H2;3*1H3;4*1H;;/q;5*-1;;;;;2*+2/p-4. The van der Waals surface area contributed by atoms with E-state index in [1.54, 1.807) is 0 Å². The van der Waals surface area contributed by atoms with E-state index in [0.29, 0.717) is 11.8 Å². The van der Waals surface area contributed by atoms with Crippen molar-refractivity contribution in [3.63, 3.8) is 0 Å². The van der Waals surface area contributed by atoms with E-state index < -0.39 is 20.8 Å². The van der Waals surface area contributed by atoms with E-state index in [0.717, 1.165) is 12.8 Å². The summed E-state index contributed by atoms with van der Waals surface area (Å²) in [6.45, 7) is 0. The average molecular weight is 830 g/mol. The van der Waals surface area contributed by atoms with Crippen molar-refractivity contribution in [1.82, 2.24) is 0 Å². The third-order valence-corrected chi connectivity index (χ3v) is 7.27. The molecule has 8 rings (SSSR count). The maximum absolute atomic E-state index is 4.93. The van der Waals surface area contributed by atoms with Crippen molar-refractivity contribution in [2.75, 3.05) is 0 Å². The summed E-state index contributed by atoms with van der Waals surface area (Å²) in [5.74, 6) is 0.763. The number of rotatable bonds is 1. The summed E-state index contributed by atoms with van der Waals surface area (Å²) in [6.07, 6.45) is 20.0. The minimum absolute atomic E-state index is 0. The van der Waals surface area contributed by atoms with Crippen LogP contribution in [0.3, 0.4) is 0 Å². The third kappa shape index (κ3) is 10.9. The van der Waals surface area contributed by atoms with Crippen LogP contribution in [0, 0.1) is 34.4 Å². The Morgan fingerprint density at radius 2 is 0.733 bits per heavy atom. The molecular weight excluding hydrogens is 793 g/mol. The van der Waals surface area contributed by atoms with E-state index in [4.69, 9.17) is 17.0 Å². The van der Waals surface area contributed by atoms with Crippen molar-refractivity contribution in [3.8, 4) is 22.3 Å². The van der Waals surface area contributed by atoms with Gasteiger partial charge in [-0.1, -0.05) is 97.1 Å². The van der Waals surface area contributed by atoms with Crippen molar-refractivity contribution >= 4 is 17.0 Å². The van der Waals surface area contributed by atoms with Crippen LogP contribution in [0.4, 0.5) is 0 Å². The average Bonchev–Trinajstić information content (AvgIpc) is 3.81. The zero-order valence-corrected chi connectivity index (χ0v) is 33.7. The molecule has 0 spiro atoms. The molecule has 4 aromatic carbocycles. The van der Waals surface area contributed by atoms with Gasteiger partial charge in [0, 0.05) is 11.8 Å². The Balaban J connectivity index is 0. The van der Waals surface area contributed by atoms with Crippen LogP contribution in [-0.4, -0.2) is 0 Å². The van der Waals surface area contributed by atoms with Crippen molar-refractivity contribution in [2.24, 2.45) is 0 Å². The largest absolute Gasteiger partial charge is 2.00 e. The second-order valence-corrected chi connectivity index (χ2v) is 13.1. The molecule has 0 heterocycles. The van der Waals surface area contributed by atoms with E-state index in [2.05, 4.69) is 121 Å². The first-order chi connectivity index (χ1) is 19.3. The van der Waals surface area contributed by atoms with Gasteiger partial charge in [-0.2, -0.15) is 12.2 Å². The molecule has 0 saturated heterocycles. The summed E-state index contributed by atoms with van der Waals surface area (Å²) < 4.78 is 0. The molecule has 4 aliphatic rings. The van der Waals surface area contributed by atoms with E-state index >= 15 is 0 Å². The van der Waals surface area contributed by atoms with Gasteiger partial charge in [0.25, 0.3) is 0 Å². The fourth-order valence-corrected chi connectivity index (χ4v) is 5.79. The molecule has 0 nitrogen and oxygen atoms in total. The first-order valence-electron chi connectivity index (χ1n) is 13.1. The molecule has 0 aromatic heterocycles. The van der Waals surface area contributed by atoms with E-state index in [1.165, 1.54) is 44.5 Å². The topological polar surface area (TPSA) is 0 Å². The molecular formula is C39H37Cl4Zr2-5. The van der Waals surface area contributed by atoms with Crippen LogP contribution in [0.2, 0.25) is 0 Å². The normalized spacial score (nSPS) is 12.7. The van der Waals surface area contributed by atoms with Gasteiger partial charge in [0.05, 0.1) is 0 Å². The number of hydrogen-bond donors (Lipinski definition) is 0. The molecule has 0 fully saturated rings. The second-order valence-electron chi connectivity index (χ2n) is 9.38. The van der Waals surface area contributed by atoms with Crippen LogP contribution < -0.4 is 24.8 Å². The minimum atomic E-state index is -0.826. The molecule has 0 atom stereocenters. The Labute approximate surface area is 322 Å². The SMILES string of the molecule is [C-]1=CC=CC1.[C-]1=CC=CC1.[CH3-].[CH3-].[CH3-].[Cl-].[Cl-].[Cl][Zr][Cl].[Zr+2].c1ccc2c(c1)-c1ccccc1C2C1c2ccccc2-c2ccccc21. The Kier molecular flexibility index (Phi) is 24.5. The summed E-state index contributed by atoms with van der Waals surface area (Å²) in [5.41, 5.74) is 11.4. The summed E-state index contributed by atoms with van der Waals surface area (Å²) >= 11 is -0.826. The molecule has 0 radical (unpaired) electrons. The van der Waals surface area contributed by atoms with Gasteiger partial charge in [-0.15, -0.1) is 12.8 Å². The maximum atomic E-state index is 4.93. The number of hydrogen-bond acceptors (Lipinski definition) is 0. The summed E-state index contributed by atoms with van der Waals surface area (Å²) in [7, 11) is 9.87. The minimum Gasteiger partial charge on any atom is -0.0619 e. The van der Waals surface area contributed by atoms with Crippen LogP contribution in [0.15, 0.2) is 134 Å². The van der Waals surface area contributed by atoms with E-state index in [1.807, 2.05) is 24.3 Å². The molecule has 0 aliphatic heterocycles. The molecule has 4 aliphatic carbocycles. The van der Waals surface area contributed by atoms with E-state index in [9.17, 15) is 0 Å². The van der Waals surface area contributed by atoms with Crippen LogP contribution in [0.1, 0.15) is 46.9 Å². The number of halogens is 4. The van der Waals surface area contributed by atoms with Crippen LogP contribution in [0.5, 0.6) is 0 Å². The summed E-state index contributed by atoms with van der Waals surface area (Å²) in [4.78, 5) is 0. The Morgan fingerprint density at radius 1 is 0.489 bits per heavy atom. The van der Waals surface area contributed by atoms with Crippen LogP contribution in [0.25, 0.3) is 22.3 Å². The molecule has 4 aromatic rings. The Bertz CT molecular complexity index is 1320. The molecule has 0 N–H and O–H groups in total. The Hall–Kier alpha value is -1.23. The van der Waals surface area contributed by atoms with Gasteiger partial charge < -0.3 is 47.1 Å². The smallest absolute Gasteiger partial charge is 0.0619 e. The number of benzene rings is 4. The van der Waals surface area contributed by atoms with Crippen LogP contribution >= 0.6 is 17.0 Å². The molecule has 6 heteroatoms. The monoisotopic (exact) mass is 825 g/mol. The second kappa shape index (κ2) is 24.0. The first-order valence-corrected chi connectivity index (χ1v) is 19.4. The molecule has 0 amide bonds. The zero-order valence-electron chi connectivity index (χ0n) is 25.8. The van der Waals surface area contributed by atoms with Gasteiger partial charge >= 0.3 is 64.1 Å². The van der Waals surface area contributed by atoms with E-state index in [-0.39, 0.29) is 73.3 Å². The predicted molar refractivity (Wildman–Crippen MR) is 182 cm³/mol. The van der Waals surface area contributed by atoms with Crippen molar-refractivity contribution in [1.29, 1.82) is 0 Å². The summed E-state index contributed by atoms with van der Waals surface area (Å²) in [5, 5.41) is 0. The molecule has 234 valence electrons. The molecule has 0 unspecified atom stereocenters.